The Hall–Kier alpha value is -2.11. The van der Waals surface area contributed by atoms with Gasteiger partial charge in [0.1, 0.15) is 0 Å². The first-order chi connectivity index (χ1) is 12.1. The van der Waals surface area contributed by atoms with Crippen LogP contribution in [0.15, 0.2) is 11.0 Å². The molecule has 2 aromatic heterocycles. The minimum Gasteiger partial charge on any atom is -0.398 e. The van der Waals surface area contributed by atoms with E-state index in [4.69, 9.17) is 10.7 Å². The molecular weight excluding hydrogens is 314 g/mol. The molecule has 0 spiro atoms. The van der Waals surface area contributed by atoms with Gasteiger partial charge in [-0.3, -0.25) is 9.36 Å². The molecule has 0 bridgehead atoms. The van der Waals surface area contributed by atoms with Gasteiger partial charge in [0.2, 0.25) is 5.95 Å². The molecule has 134 valence electrons. The molecule has 2 heterocycles. The van der Waals surface area contributed by atoms with Crippen molar-refractivity contribution in [2.45, 2.75) is 76.8 Å². The Bertz CT molecular complexity index is 832. The highest BCUT2D eigenvalue weighted by atomic mass is 16.1. The van der Waals surface area contributed by atoms with E-state index in [1.165, 1.54) is 32.1 Å². The number of anilines is 2. The van der Waals surface area contributed by atoms with Crippen LogP contribution >= 0.6 is 0 Å². The molecule has 2 aliphatic rings. The van der Waals surface area contributed by atoms with E-state index in [2.05, 4.69) is 10.3 Å². The van der Waals surface area contributed by atoms with Crippen molar-refractivity contribution in [1.29, 1.82) is 0 Å². The van der Waals surface area contributed by atoms with Gasteiger partial charge in [-0.25, -0.2) is 4.98 Å². The van der Waals surface area contributed by atoms with Crippen molar-refractivity contribution < 1.29 is 0 Å². The van der Waals surface area contributed by atoms with Gasteiger partial charge in [-0.05, 0) is 32.6 Å². The Kier molecular flexibility index (Phi) is 4.36. The number of fused-ring (bicyclic) bond motifs is 1. The number of nitrogen functional groups attached to an aromatic ring is 1. The SMILES string of the molecule is Cc1c(N)c2cnc(NC3CCCCC3)nc2n(C2CCCC2)c1=O. The highest BCUT2D eigenvalue weighted by Gasteiger charge is 2.24. The van der Waals surface area contributed by atoms with Crippen molar-refractivity contribution >= 4 is 22.7 Å². The van der Waals surface area contributed by atoms with Crippen molar-refractivity contribution in [3.05, 3.63) is 22.1 Å². The second kappa shape index (κ2) is 6.65. The fourth-order valence-corrected chi connectivity index (χ4v) is 4.34. The summed E-state index contributed by atoms with van der Waals surface area (Å²) in [5.74, 6) is 0.619. The summed E-state index contributed by atoms with van der Waals surface area (Å²) < 4.78 is 1.88. The standard InChI is InChI=1S/C19H27N5O/c1-12-16(20)15-11-21-19(22-13-7-3-2-4-8-13)23-17(15)24(18(12)25)14-9-5-6-10-14/h11,13-14H,2-10,20H2,1H3,(H,21,22,23). The molecule has 25 heavy (non-hydrogen) atoms. The van der Waals surface area contributed by atoms with Crippen LogP contribution in [0.5, 0.6) is 0 Å². The third-order valence-electron chi connectivity index (χ3n) is 5.86. The van der Waals surface area contributed by atoms with Gasteiger partial charge >= 0.3 is 0 Å². The van der Waals surface area contributed by atoms with Gasteiger partial charge in [-0.2, -0.15) is 4.98 Å². The van der Waals surface area contributed by atoms with E-state index < -0.39 is 0 Å². The van der Waals surface area contributed by atoms with E-state index in [0.717, 1.165) is 31.1 Å². The lowest BCUT2D eigenvalue weighted by Gasteiger charge is -2.23. The Morgan fingerprint density at radius 2 is 1.80 bits per heavy atom. The van der Waals surface area contributed by atoms with Gasteiger partial charge in [0, 0.05) is 23.8 Å². The summed E-state index contributed by atoms with van der Waals surface area (Å²) in [4.78, 5) is 22.1. The molecule has 6 nitrogen and oxygen atoms in total. The summed E-state index contributed by atoms with van der Waals surface area (Å²) >= 11 is 0. The second-order valence-electron chi connectivity index (χ2n) is 7.56. The smallest absolute Gasteiger partial charge is 0.257 e. The summed E-state index contributed by atoms with van der Waals surface area (Å²) in [5.41, 5.74) is 8.01. The Labute approximate surface area is 147 Å². The molecule has 3 N–H and O–H groups in total. The minimum absolute atomic E-state index is 0.000726. The molecule has 0 aliphatic heterocycles. The van der Waals surface area contributed by atoms with Crippen LogP contribution < -0.4 is 16.6 Å². The van der Waals surface area contributed by atoms with Gasteiger partial charge in [-0.1, -0.05) is 32.1 Å². The first kappa shape index (κ1) is 16.4. The highest BCUT2D eigenvalue weighted by molar-refractivity contribution is 5.89. The van der Waals surface area contributed by atoms with Gasteiger partial charge < -0.3 is 11.1 Å². The maximum absolute atomic E-state index is 12.9. The highest BCUT2D eigenvalue weighted by Crippen LogP contribution is 2.32. The van der Waals surface area contributed by atoms with Crippen molar-refractivity contribution in [2.24, 2.45) is 0 Å². The Morgan fingerprint density at radius 1 is 1.12 bits per heavy atom. The van der Waals surface area contributed by atoms with E-state index in [-0.39, 0.29) is 11.6 Å². The predicted molar refractivity (Wildman–Crippen MR) is 101 cm³/mol. The number of hydrogen-bond acceptors (Lipinski definition) is 5. The third-order valence-corrected chi connectivity index (χ3v) is 5.86. The molecule has 0 atom stereocenters. The quantitative estimate of drug-likeness (QED) is 0.892. The maximum atomic E-state index is 12.9. The largest absolute Gasteiger partial charge is 0.398 e. The van der Waals surface area contributed by atoms with Gasteiger partial charge in [0.15, 0.2) is 5.65 Å². The summed E-state index contributed by atoms with van der Waals surface area (Å²) in [7, 11) is 0. The number of nitrogens with zero attached hydrogens (tertiary/aromatic N) is 3. The van der Waals surface area contributed by atoms with Gasteiger partial charge in [0.05, 0.1) is 11.1 Å². The number of aromatic nitrogens is 3. The lowest BCUT2D eigenvalue weighted by molar-refractivity contribution is 0.460. The number of hydrogen-bond donors (Lipinski definition) is 2. The van der Waals surface area contributed by atoms with Crippen LogP contribution in [0.4, 0.5) is 11.6 Å². The number of nitrogens with one attached hydrogen (secondary N) is 1. The Balaban J connectivity index is 1.80. The first-order valence-corrected chi connectivity index (χ1v) is 9.59. The summed E-state index contributed by atoms with van der Waals surface area (Å²) in [6.45, 7) is 1.80. The fourth-order valence-electron chi connectivity index (χ4n) is 4.34. The average Bonchev–Trinajstić information content (AvgIpc) is 3.15. The molecule has 0 unspecified atom stereocenters. The zero-order valence-corrected chi connectivity index (χ0v) is 14.9. The molecule has 0 radical (unpaired) electrons. The van der Waals surface area contributed by atoms with Crippen LogP contribution in [0.1, 0.15) is 69.4 Å². The van der Waals surface area contributed by atoms with Crippen LogP contribution in [0.25, 0.3) is 11.0 Å². The Morgan fingerprint density at radius 3 is 2.52 bits per heavy atom. The molecule has 2 aromatic rings. The normalized spacial score (nSPS) is 19.6. The van der Waals surface area contributed by atoms with E-state index in [0.29, 0.717) is 28.9 Å². The van der Waals surface area contributed by atoms with Crippen LogP contribution in [0, 0.1) is 6.92 Å². The first-order valence-electron chi connectivity index (χ1n) is 9.59. The van der Waals surface area contributed by atoms with Crippen molar-refractivity contribution in [3.8, 4) is 0 Å². The molecule has 0 amide bonds. The van der Waals surface area contributed by atoms with Gasteiger partial charge in [0.25, 0.3) is 5.56 Å². The minimum atomic E-state index is -0.000726. The monoisotopic (exact) mass is 341 g/mol. The fraction of sp³-hybridized carbons (Fsp3) is 0.632. The van der Waals surface area contributed by atoms with Crippen molar-refractivity contribution in [2.75, 3.05) is 11.1 Å². The van der Waals surface area contributed by atoms with E-state index >= 15 is 0 Å². The van der Waals surface area contributed by atoms with Gasteiger partial charge in [-0.15, -0.1) is 0 Å². The lowest BCUT2D eigenvalue weighted by atomic mass is 9.96. The molecular formula is C19H27N5O. The topological polar surface area (TPSA) is 85.8 Å². The number of nitrogens with two attached hydrogens (primary N) is 1. The molecule has 4 rings (SSSR count). The molecule has 2 aliphatic carbocycles. The maximum Gasteiger partial charge on any atom is 0.257 e. The molecule has 0 aromatic carbocycles. The molecule has 2 fully saturated rings. The zero-order chi connectivity index (χ0) is 17.4. The summed E-state index contributed by atoms with van der Waals surface area (Å²) in [6, 6.07) is 0.660. The van der Waals surface area contributed by atoms with E-state index in [1.54, 1.807) is 13.1 Å². The predicted octanol–water partition coefficient (Wildman–Crippen LogP) is 3.54. The van der Waals surface area contributed by atoms with Crippen molar-refractivity contribution in [1.82, 2.24) is 14.5 Å². The zero-order valence-electron chi connectivity index (χ0n) is 14.9. The third kappa shape index (κ3) is 2.98. The van der Waals surface area contributed by atoms with Crippen LogP contribution in [-0.4, -0.2) is 20.6 Å². The number of pyridine rings is 1. The lowest BCUT2D eigenvalue weighted by Crippen LogP contribution is -2.28. The number of rotatable bonds is 3. The average molecular weight is 341 g/mol. The van der Waals surface area contributed by atoms with E-state index in [9.17, 15) is 4.79 Å². The van der Waals surface area contributed by atoms with Crippen LogP contribution in [-0.2, 0) is 0 Å². The second-order valence-corrected chi connectivity index (χ2v) is 7.56. The molecule has 6 heteroatoms. The van der Waals surface area contributed by atoms with E-state index in [1.807, 2.05) is 4.57 Å². The molecule has 2 saturated carbocycles. The van der Waals surface area contributed by atoms with Crippen LogP contribution in [0.3, 0.4) is 0 Å². The summed E-state index contributed by atoms with van der Waals surface area (Å²) in [5, 5.41) is 4.26. The summed E-state index contributed by atoms with van der Waals surface area (Å²) in [6.07, 6.45) is 12.3. The molecule has 0 saturated heterocycles. The van der Waals surface area contributed by atoms with Crippen LogP contribution in [0.2, 0.25) is 0 Å². The van der Waals surface area contributed by atoms with Crippen molar-refractivity contribution in [3.63, 3.8) is 0 Å².